The summed E-state index contributed by atoms with van der Waals surface area (Å²) in [5, 5.41) is 9.34. The predicted octanol–water partition coefficient (Wildman–Crippen LogP) is -0.847. The maximum Gasteiger partial charge on any atom is 0.0833 e. The van der Waals surface area contributed by atoms with Crippen molar-refractivity contribution in [2.75, 3.05) is 13.1 Å². The predicted molar refractivity (Wildman–Crippen MR) is 38.6 cm³/mol. The topological polar surface area (TPSA) is 49.5 Å². The summed E-state index contributed by atoms with van der Waals surface area (Å²) in [5.41, 5.74) is 5.77. The van der Waals surface area contributed by atoms with Gasteiger partial charge in [-0.05, 0) is 19.4 Å². The van der Waals surface area contributed by atoms with Crippen molar-refractivity contribution >= 4 is 0 Å². The maximum absolute atomic E-state index is 9.34. The van der Waals surface area contributed by atoms with Gasteiger partial charge in [0, 0.05) is 18.6 Å². The Kier molecular flexibility index (Phi) is 1.44. The number of aliphatic hydroxyl groups excluding tert-OH is 1. The van der Waals surface area contributed by atoms with Gasteiger partial charge in [0.2, 0.25) is 0 Å². The van der Waals surface area contributed by atoms with Gasteiger partial charge in [-0.3, -0.25) is 4.90 Å². The Labute approximate surface area is 60.8 Å². The number of hydrogen-bond donors (Lipinski definition) is 2. The first-order valence-corrected chi connectivity index (χ1v) is 3.97. The Bertz CT molecular complexity index is 138. The van der Waals surface area contributed by atoms with Crippen molar-refractivity contribution in [1.82, 2.24) is 4.90 Å². The van der Waals surface area contributed by atoms with E-state index in [2.05, 4.69) is 4.90 Å². The lowest BCUT2D eigenvalue weighted by molar-refractivity contribution is 0.164. The molecule has 0 aliphatic carbocycles. The fourth-order valence-corrected chi connectivity index (χ4v) is 2.13. The summed E-state index contributed by atoms with van der Waals surface area (Å²) in [5.74, 6) is 0. The summed E-state index contributed by atoms with van der Waals surface area (Å²) < 4.78 is 0. The van der Waals surface area contributed by atoms with Gasteiger partial charge in [0.25, 0.3) is 0 Å². The monoisotopic (exact) mass is 142 g/mol. The van der Waals surface area contributed by atoms with E-state index in [1.807, 2.05) is 0 Å². The Morgan fingerprint density at radius 3 is 3.00 bits per heavy atom. The molecule has 3 nitrogen and oxygen atoms in total. The van der Waals surface area contributed by atoms with Crippen molar-refractivity contribution in [2.45, 2.75) is 31.0 Å². The minimum absolute atomic E-state index is 0.0162. The molecular weight excluding hydrogens is 128 g/mol. The molecule has 0 amide bonds. The highest BCUT2D eigenvalue weighted by atomic mass is 16.3. The molecule has 2 fully saturated rings. The van der Waals surface area contributed by atoms with Crippen LogP contribution in [0, 0.1) is 0 Å². The third-order valence-electron chi connectivity index (χ3n) is 2.72. The van der Waals surface area contributed by atoms with E-state index in [0.717, 1.165) is 13.1 Å². The Hall–Kier alpha value is -0.120. The van der Waals surface area contributed by atoms with Gasteiger partial charge in [0.05, 0.1) is 6.10 Å². The van der Waals surface area contributed by atoms with E-state index in [9.17, 15) is 5.11 Å². The molecule has 2 unspecified atom stereocenters. The summed E-state index contributed by atoms with van der Waals surface area (Å²) in [7, 11) is 0. The summed E-state index contributed by atoms with van der Waals surface area (Å²) in [6, 6.07) is 0.498. The Morgan fingerprint density at radius 1 is 1.50 bits per heavy atom. The van der Waals surface area contributed by atoms with Crippen molar-refractivity contribution in [1.29, 1.82) is 0 Å². The first kappa shape index (κ1) is 6.58. The number of rotatable bonds is 0. The second-order valence-corrected chi connectivity index (χ2v) is 3.35. The molecule has 2 heterocycles. The van der Waals surface area contributed by atoms with Crippen LogP contribution in [0.2, 0.25) is 0 Å². The third kappa shape index (κ3) is 0.779. The second kappa shape index (κ2) is 2.19. The average molecular weight is 142 g/mol. The Balaban J connectivity index is 2.09. The summed E-state index contributed by atoms with van der Waals surface area (Å²) >= 11 is 0. The molecule has 0 aromatic carbocycles. The average Bonchev–Trinajstić information content (AvgIpc) is 2.41. The zero-order valence-corrected chi connectivity index (χ0v) is 6.03. The number of fused-ring (bicyclic) bond motifs is 1. The van der Waals surface area contributed by atoms with E-state index in [-0.39, 0.29) is 12.1 Å². The first-order valence-electron chi connectivity index (χ1n) is 3.97. The van der Waals surface area contributed by atoms with Crippen LogP contribution in [0.3, 0.4) is 0 Å². The molecule has 2 aliphatic heterocycles. The molecule has 0 saturated carbocycles. The highest BCUT2D eigenvalue weighted by Crippen LogP contribution is 2.26. The molecule has 0 spiro atoms. The van der Waals surface area contributed by atoms with Gasteiger partial charge in [-0.2, -0.15) is 0 Å². The third-order valence-corrected chi connectivity index (χ3v) is 2.72. The normalized spacial score (nSPS) is 48.0. The molecule has 10 heavy (non-hydrogen) atoms. The zero-order chi connectivity index (χ0) is 7.14. The van der Waals surface area contributed by atoms with Crippen LogP contribution in [0.5, 0.6) is 0 Å². The molecule has 58 valence electrons. The van der Waals surface area contributed by atoms with Gasteiger partial charge in [-0.1, -0.05) is 0 Å². The molecule has 2 saturated heterocycles. The molecule has 0 aromatic heterocycles. The molecule has 3 heteroatoms. The van der Waals surface area contributed by atoms with E-state index in [0.29, 0.717) is 6.04 Å². The van der Waals surface area contributed by atoms with Gasteiger partial charge in [0.15, 0.2) is 0 Å². The van der Waals surface area contributed by atoms with Crippen LogP contribution in [-0.2, 0) is 0 Å². The fraction of sp³-hybridized carbons (Fsp3) is 1.00. The fourth-order valence-electron chi connectivity index (χ4n) is 2.13. The van der Waals surface area contributed by atoms with Gasteiger partial charge < -0.3 is 10.8 Å². The first-order chi connectivity index (χ1) is 4.79. The van der Waals surface area contributed by atoms with Crippen molar-refractivity contribution in [3.63, 3.8) is 0 Å². The lowest BCUT2D eigenvalue weighted by atomic mass is 10.1. The number of hydrogen-bond acceptors (Lipinski definition) is 3. The molecule has 0 bridgehead atoms. The van der Waals surface area contributed by atoms with Crippen LogP contribution in [0.25, 0.3) is 0 Å². The molecule has 0 aromatic rings. The van der Waals surface area contributed by atoms with Crippen LogP contribution < -0.4 is 5.73 Å². The van der Waals surface area contributed by atoms with E-state index < -0.39 is 0 Å². The standard InChI is InChI=1S/C7H14N2O/c8-7-5-2-1-3-9(5)4-6(7)10/h5-7,10H,1-4,8H2/t5?,6?,7-/m1/s1. The van der Waals surface area contributed by atoms with E-state index in [1.165, 1.54) is 12.8 Å². The molecule has 3 N–H and O–H groups in total. The van der Waals surface area contributed by atoms with Crippen molar-refractivity contribution in [2.24, 2.45) is 5.73 Å². The summed E-state index contributed by atoms with van der Waals surface area (Å²) in [4.78, 5) is 2.30. The van der Waals surface area contributed by atoms with Crippen molar-refractivity contribution in [3.8, 4) is 0 Å². The smallest absolute Gasteiger partial charge is 0.0833 e. The van der Waals surface area contributed by atoms with Crippen molar-refractivity contribution < 1.29 is 5.11 Å². The van der Waals surface area contributed by atoms with E-state index in [4.69, 9.17) is 5.73 Å². The molecule has 2 aliphatic rings. The van der Waals surface area contributed by atoms with E-state index in [1.54, 1.807) is 0 Å². The van der Waals surface area contributed by atoms with Crippen LogP contribution in [0.15, 0.2) is 0 Å². The number of nitrogens with zero attached hydrogens (tertiary/aromatic N) is 1. The maximum atomic E-state index is 9.34. The summed E-state index contributed by atoms with van der Waals surface area (Å²) in [6.07, 6.45) is 2.16. The van der Waals surface area contributed by atoms with Gasteiger partial charge >= 0.3 is 0 Å². The number of aliphatic hydroxyl groups is 1. The quantitative estimate of drug-likeness (QED) is 0.463. The lowest BCUT2D eigenvalue weighted by Gasteiger charge is -2.15. The Morgan fingerprint density at radius 2 is 2.30 bits per heavy atom. The molecule has 2 rings (SSSR count). The van der Waals surface area contributed by atoms with Crippen LogP contribution >= 0.6 is 0 Å². The van der Waals surface area contributed by atoms with Crippen LogP contribution in [0.1, 0.15) is 12.8 Å². The molecule has 3 atom stereocenters. The molecule has 0 radical (unpaired) electrons. The SMILES string of the molecule is N[C@H]1C(O)CN2CCCC12. The largest absolute Gasteiger partial charge is 0.390 e. The van der Waals surface area contributed by atoms with Crippen LogP contribution in [0.4, 0.5) is 0 Å². The zero-order valence-electron chi connectivity index (χ0n) is 6.03. The van der Waals surface area contributed by atoms with Gasteiger partial charge in [-0.15, -0.1) is 0 Å². The minimum Gasteiger partial charge on any atom is -0.390 e. The van der Waals surface area contributed by atoms with Gasteiger partial charge in [0.1, 0.15) is 0 Å². The minimum atomic E-state index is -0.273. The highest BCUT2D eigenvalue weighted by molar-refractivity contribution is 4.99. The highest BCUT2D eigenvalue weighted by Gasteiger charge is 2.40. The van der Waals surface area contributed by atoms with Crippen molar-refractivity contribution in [3.05, 3.63) is 0 Å². The second-order valence-electron chi connectivity index (χ2n) is 3.35. The van der Waals surface area contributed by atoms with Crippen LogP contribution in [-0.4, -0.2) is 41.3 Å². The molecular formula is C7H14N2O. The summed E-state index contributed by atoms with van der Waals surface area (Å²) in [6.45, 7) is 1.93. The number of nitrogens with two attached hydrogens (primary N) is 1. The van der Waals surface area contributed by atoms with E-state index >= 15 is 0 Å². The van der Waals surface area contributed by atoms with Gasteiger partial charge in [-0.25, -0.2) is 0 Å². The lowest BCUT2D eigenvalue weighted by Crippen LogP contribution is -2.39.